The van der Waals surface area contributed by atoms with Gasteiger partial charge in [-0.05, 0) is 53.9 Å². The fourth-order valence-electron chi connectivity index (χ4n) is 4.11. The van der Waals surface area contributed by atoms with Gasteiger partial charge in [-0.25, -0.2) is 9.97 Å². The number of nitrogens with zero attached hydrogens (tertiary/aromatic N) is 3. The van der Waals surface area contributed by atoms with Crippen LogP contribution in [0.3, 0.4) is 0 Å². The lowest BCUT2D eigenvalue weighted by molar-refractivity contribution is 0.0951. The first kappa shape index (κ1) is 19.7. The molecule has 8 nitrogen and oxygen atoms in total. The number of rotatable bonds is 5. The fraction of sp³-hybridized carbons (Fsp3) is 0.167. The van der Waals surface area contributed by atoms with Gasteiger partial charge in [-0.2, -0.15) is 0 Å². The Morgan fingerprint density at radius 3 is 2.78 bits per heavy atom. The molecule has 4 aromatic rings. The van der Waals surface area contributed by atoms with E-state index in [4.69, 9.17) is 0 Å². The van der Waals surface area contributed by atoms with Crippen LogP contribution in [-0.2, 0) is 13.6 Å². The molecule has 0 saturated carbocycles. The topological polar surface area (TPSA) is 101 Å². The molecule has 0 atom stereocenters. The predicted octanol–water partition coefficient (Wildman–Crippen LogP) is 3.37. The van der Waals surface area contributed by atoms with Gasteiger partial charge in [0.15, 0.2) is 0 Å². The maximum atomic E-state index is 12.7. The number of fused-ring (bicyclic) bond motifs is 2. The first-order valence-electron chi connectivity index (χ1n) is 10.4. The zero-order valence-electron chi connectivity index (χ0n) is 17.8. The number of benzene rings is 1. The summed E-state index contributed by atoms with van der Waals surface area (Å²) in [4.78, 5) is 33.5. The summed E-state index contributed by atoms with van der Waals surface area (Å²) in [5, 5.41) is 9.96. The van der Waals surface area contributed by atoms with E-state index in [9.17, 15) is 9.59 Å². The SMILES string of the molecule is CCNC(=O)c1ccc(Nc2ccc(-c3ccnc4c3ccn4C)c3c2C(=O)NC3)nc1. The van der Waals surface area contributed by atoms with E-state index in [1.54, 1.807) is 18.3 Å². The number of carbonyl (C=O) groups is 2. The van der Waals surface area contributed by atoms with Gasteiger partial charge in [-0.3, -0.25) is 9.59 Å². The van der Waals surface area contributed by atoms with Crippen molar-refractivity contribution in [2.75, 3.05) is 11.9 Å². The Bertz CT molecular complexity index is 1360. The molecule has 3 aromatic heterocycles. The third kappa shape index (κ3) is 3.26. The third-order valence-corrected chi connectivity index (χ3v) is 5.65. The molecule has 0 bridgehead atoms. The summed E-state index contributed by atoms with van der Waals surface area (Å²) in [6.07, 6.45) is 5.29. The van der Waals surface area contributed by atoms with Gasteiger partial charge >= 0.3 is 0 Å². The monoisotopic (exact) mass is 426 g/mol. The van der Waals surface area contributed by atoms with Crippen LogP contribution >= 0.6 is 0 Å². The zero-order valence-corrected chi connectivity index (χ0v) is 17.8. The van der Waals surface area contributed by atoms with Gasteiger partial charge in [0.2, 0.25) is 0 Å². The molecule has 0 aliphatic carbocycles. The number of anilines is 2. The molecule has 0 saturated heterocycles. The van der Waals surface area contributed by atoms with Crippen LogP contribution in [0.1, 0.15) is 33.2 Å². The van der Waals surface area contributed by atoms with Crippen molar-refractivity contribution in [2.45, 2.75) is 13.5 Å². The molecule has 2 amide bonds. The lowest BCUT2D eigenvalue weighted by atomic mass is 9.94. The Hall–Kier alpha value is -4.20. The van der Waals surface area contributed by atoms with Crippen LogP contribution in [0.25, 0.3) is 22.2 Å². The molecular weight excluding hydrogens is 404 g/mol. The molecule has 0 unspecified atom stereocenters. The smallest absolute Gasteiger partial charge is 0.254 e. The average Bonchev–Trinajstić information content (AvgIpc) is 3.38. The predicted molar refractivity (Wildman–Crippen MR) is 123 cm³/mol. The minimum Gasteiger partial charge on any atom is -0.352 e. The first-order valence-corrected chi connectivity index (χ1v) is 10.4. The quantitative estimate of drug-likeness (QED) is 0.454. The molecule has 4 heterocycles. The Labute approximate surface area is 184 Å². The molecule has 3 N–H and O–H groups in total. The fourth-order valence-corrected chi connectivity index (χ4v) is 4.11. The molecule has 32 heavy (non-hydrogen) atoms. The minimum absolute atomic E-state index is 0.123. The van der Waals surface area contributed by atoms with Crippen molar-refractivity contribution >= 4 is 34.4 Å². The van der Waals surface area contributed by atoms with Crippen LogP contribution in [0.4, 0.5) is 11.5 Å². The van der Waals surface area contributed by atoms with E-state index in [1.807, 2.05) is 49.0 Å². The average molecular weight is 426 g/mol. The molecule has 1 aliphatic heterocycles. The van der Waals surface area contributed by atoms with Gasteiger partial charge in [-0.1, -0.05) is 6.07 Å². The molecule has 0 radical (unpaired) electrons. The standard InChI is InChI=1S/C24H22N6O2/c1-3-25-23(31)14-4-7-20(27-12-14)29-19-6-5-15(18-13-28-24(32)21(18)19)16-8-10-26-22-17(16)9-11-30(22)2/h4-12H,3,13H2,1-2H3,(H,25,31)(H,27,29)(H,28,32). The van der Waals surface area contributed by atoms with Gasteiger partial charge in [0.05, 0.1) is 16.8 Å². The van der Waals surface area contributed by atoms with Crippen molar-refractivity contribution < 1.29 is 9.59 Å². The van der Waals surface area contributed by atoms with Crippen LogP contribution < -0.4 is 16.0 Å². The van der Waals surface area contributed by atoms with Crippen LogP contribution in [0, 0.1) is 0 Å². The Kier molecular flexibility index (Phi) is 4.82. The van der Waals surface area contributed by atoms with Gasteiger partial charge in [0, 0.05) is 44.1 Å². The third-order valence-electron chi connectivity index (χ3n) is 5.65. The summed E-state index contributed by atoms with van der Waals surface area (Å²) < 4.78 is 1.98. The first-order chi connectivity index (χ1) is 15.6. The number of hydrogen-bond acceptors (Lipinski definition) is 5. The highest BCUT2D eigenvalue weighted by Crippen LogP contribution is 2.37. The summed E-state index contributed by atoms with van der Waals surface area (Å²) in [5.74, 6) is 0.268. The van der Waals surface area contributed by atoms with Gasteiger partial charge in [0.25, 0.3) is 11.8 Å². The normalized spacial score (nSPS) is 12.5. The zero-order chi connectivity index (χ0) is 22.2. The number of amides is 2. The highest BCUT2D eigenvalue weighted by atomic mass is 16.2. The second kappa shape index (κ2) is 7.81. The molecule has 5 rings (SSSR count). The van der Waals surface area contributed by atoms with Gasteiger partial charge in [0.1, 0.15) is 11.5 Å². The summed E-state index contributed by atoms with van der Waals surface area (Å²) >= 11 is 0. The molecule has 1 aliphatic rings. The number of carbonyl (C=O) groups excluding carboxylic acids is 2. The van der Waals surface area contributed by atoms with E-state index in [1.165, 1.54) is 6.20 Å². The van der Waals surface area contributed by atoms with Crippen molar-refractivity contribution in [2.24, 2.45) is 7.05 Å². The number of nitrogens with one attached hydrogen (secondary N) is 3. The van der Waals surface area contributed by atoms with Crippen molar-refractivity contribution in [1.82, 2.24) is 25.2 Å². The van der Waals surface area contributed by atoms with Crippen molar-refractivity contribution in [1.29, 1.82) is 0 Å². The molecule has 0 spiro atoms. The molecular formula is C24H22N6O2. The Morgan fingerprint density at radius 1 is 1.12 bits per heavy atom. The Balaban J connectivity index is 1.53. The lowest BCUT2D eigenvalue weighted by Crippen LogP contribution is -2.22. The van der Waals surface area contributed by atoms with E-state index in [0.29, 0.717) is 35.7 Å². The summed E-state index contributed by atoms with van der Waals surface area (Å²) in [5.41, 5.74) is 5.65. The summed E-state index contributed by atoms with van der Waals surface area (Å²) in [7, 11) is 1.96. The van der Waals surface area contributed by atoms with Crippen LogP contribution in [0.2, 0.25) is 0 Å². The van der Waals surface area contributed by atoms with Crippen LogP contribution in [-0.4, -0.2) is 32.9 Å². The molecule has 8 heteroatoms. The second-order valence-corrected chi connectivity index (χ2v) is 7.64. The summed E-state index contributed by atoms with van der Waals surface area (Å²) in [6.45, 7) is 2.88. The van der Waals surface area contributed by atoms with E-state index >= 15 is 0 Å². The van der Waals surface area contributed by atoms with Crippen molar-refractivity contribution in [3.05, 3.63) is 71.7 Å². The molecule has 1 aromatic carbocycles. The maximum absolute atomic E-state index is 12.7. The van der Waals surface area contributed by atoms with E-state index in [-0.39, 0.29) is 11.8 Å². The molecule has 160 valence electrons. The van der Waals surface area contributed by atoms with Crippen molar-refractivity contribution in [3.63, 3.8) is 0 Å². The Morgan fingerprint density at radius 2 is 2.00 bits per heavy atom. The van der Waals surface area contributed by atoms with E-state index in [2.05, 4.69) is 25.9 Å². The summed E-state index contributed by atoms with van der Waals surface area (Å²) in [6, 6.07) is 11.4. The molecule has 0 fully saturated rings. The highest BCUT2D eigenvalue weighted by molar-refractivity contribution is 6.07. The lowest BCUT2D eigenvalue weighted by Gasteiger charge is -2.14. The highest BCUT2D eigenvalue weighted by Gasteiger charge is 2.27. The number of aromatic nitrogens is 3. The number of aryl methyl sites for hydroxylation is 1. The van der Waals surface area contributed by atoms with Gasteiger partial charge < -0.3 is 20.5 Å². The van der Waals surface area contributed by atoms with Crippen LogP contribution in [0.5, 0.6) is 0 Å². The van der Waals surface area contributed by atoms with E-state index in [0.717, 1.165) is 27.7 Å². The minimum atomic E-state index is -0.166. The number of pyridine rings is 2. The maximum Gasteiger partial charge on any atom is 0.254 e. The second-order valence-electron chi connectivity index (χ2n) is 7.64. The largest absolute Gasteiger partial charge is 0.352 e. The van der Waals surface area contributed by atoms with Crippen molar-refractivity contribution in [3.8, 4) is 11.1 Å². The van der Waals surface area contributed by atoms with Gasteiger partial charge in [-0.15, -0.1) is 0 Å². The van der Waals surface area contributed by atoms with E-state index < -0.39 is 0 Å². The number of hydrogen-bond donors (Lipinski definition) is 3. The van der Waals surface area contributed by atoms with Crippen LogP contribution in [0.15, 0.2) is 55.0 Å².